The predicted molar refractivity (Wildman–Crippen MR) is 112 cm³/mol. The number of nitrogens with zero attached hydrogens (tertiary/aromatic N) is 1. The van der Waals surface area contributed by atoms with Crippen LogP contribution in [0.4, 0.5) is 5.69 Å². The van der Waals surface area contributed by atoms with Gasteiger partial charge in [0.25, 0.3) is 5.91 Å². The van der Waals surface area contributed by atoms with E-state index in [9.17, 15) is 9.59 Å². The molecule has 0 fully saturated rings. The van der Waals surface area contributed by atoms with Crippen LogP contribution in [0.15, 0.2) is 76.2 Å². The summed E-state index contributed by atoms with van der Waals surface area (Å²) in [7, 11) is 1.67. The molecule has 144 valence electrons. The lowest BCUT2D eigenvalue weighted by molar-refractivity contribution is -0.115. The number of amides is 2. The number of anilines is 1. The van der Waals surface area contributed by atoms with Gasteiger partial charge in [-0.05, 0) is 48.5 Å². The van der Waals surface area contributed by atoms with E-state index in [1.807, 2.05) is 12.1 Å². The minimum atomic E-state index is -0.267. The molecule has 0 bridgehead atoms. The Morgan fingerprint density at radius 2 is 1.82 bits per heavy atom. The van der Waals surface area contributed by atoms with Gasteiger partial charge < -0.3 is 14.6 Å². The smallest absolute Gasteiger partial charge is 0.253 e. The molecule has 28 heavy (non-hydrogen) atoms. The Balaban J connectivity index is 1.65. The Morgan fingerprint density at radius 1 is 1.07 bits per heavy atom. The largest absolute Gasteiger partial charge is 0.467 e. The summed E-state index contributed by atoms with van der Waals surface area (Å²) in [5, 5.41) is 3.47. The molecule has 1 heterocycles. The third kappa shape index (κ3) is 5.18. The van der Waals surface area contributed by atoms with Crippen LogP contribution in [0.2, 0.25) is 5.02 Å². The van der Waals surface area contributed by atoms with Crippen molar-refractivity contribution in [2.75, 3.05) is 17.7 Å². The normalized spacial score (nSPS) is 10.5. The lowest BCUT2D eigenvalue weighted by Crippen LogP contribution is -2.31. The topological polar surface area (TPSA) is 62.6 Å². The van der Waals surface area contributed by atoms with Gasteiger partial charge in [-0.1, -0.05) is 23.7 Å². The molecule has 0 unspecified atom stereocenters. The van der Waals surface area contributed by atoms with Gasteiger partial charge in [0.05, 0.1) is 29.8 Å². The number of carbonyl (C=O) groups excluding carboxylic acids is 2. The summed E-state index contributed by atoms with van der Waals surface area (Å²) in [5.41, 5.74) is 0.988. The second-order valence-corrected chi connectivity index (χ2v) is 7.46. The van der Waals surface area contributed by atoms with E-state index in [0.717, 1.165) is 4.90 Å². The van der Waals surface area contributed by atoms with Crippen molar-refractivity contribution in [3.63, 3.8) is 0 Å². The van der Waals surface area contributed by atoms with Gasteiger partial charge >= 0.3 is 0 Å². The quantitative estimate of drug-likeness (QED) is 0.573. The highest BCUT2D eigenvalue weighted by Gasteiger charge is 2.18. The molecule has 0 spiro atoms. The number of hydrogen-bond donors (Lipinski definition) is 1. The maximum Gasteiger partial charge on any atom is 0.253 e. The minimum absolute atomic E-state index is 0.105. The third-order valence-corrected chi connectivity index (χ3v) is 5.31. The van der Waals surface area contributed by atoms with Crippen LogP contribution in [0.3, 0.4) is 0 Å². The Bertz CT molecular complexity index is 943. The number of thioether (sulfide) groups is 1. The maximum absolute atomic E-state index is 12.6. The molecule has 0 atom stereocenters. The van der Waals surface area contributed by atoms with Crippen LogP contribution < -0.4 is 10.2 Å². The summed E-state index contributed by atoms with van der Waals surface area (Å²) in [4.78, 5) is 27.7. The van der Waals surface area contributed by atoms with Gasteiger partial charge in [0.1, 0.15) is 5.76 Å². The monoisotopic (exact) mass is 414 g/mol. The summed E-state index contributed by atoms with van der Waals surface area (Å²) in [5.74, 6) is 0.540. The van der Waals surface area contributed by atoms with Gasteiger partial charge in [0.15, 0.2) is 0 Å². The van der Waals surface area contributed by atoms with Crippen molar-refractivity contribution in [2.24, 2.45) is 0 Å². The van der Waals surface area contributed by atoms with Crippen LogP contribution in [0.25, 0.3) is 0 Å². The molecule has 0 saturated heterocycles. The van der Waals surface area contributed by atoms with E-state index in [2.05, 4.69) is 5.32 Å². The average Bonchev–Trinajstić information content (AvgIpc) is 3.24. The Morgan fingerprint density at radius 3 is 2.54 bits per heavy atom. The zero-order chi connectivity index (χ0) is 19.9. The van der Waals surface area contributed by atoms with E-state index in [0.29, 0.717) is 22.0 Å². The van der Waals surface area contributed by atoms with Crippen molar-refractivity contribution in [1.82, 2.24) is 5.32 Å². The average molecular weight is 415 g/mol. The highest BCUT2D eigenvalue weighted by Crippen LogP contribution is 2.24. The van der Waals surface area contributed by atoms with E-state index >= 15 is 0 Å². The number of rotatable bonds is 7. The molecule has 0 aliphatic rings. The lowest BCUT2D eigenvalue weighted by Gasteiger charge is -2.20. The van der Waals surface area contributed by atoms with Crippen LogP contribution in [0.1, 0.15) is 16.1 Å². The molecular formula is C21H19ClN2O3S. The first-order valence-electron chi connectivity index (χ1n) is 8.59. The molecule has 1 aromatic heterocycles. The van der Waals surface area contributed by atoms with E-state index < -0.39 is 0 Å². The van der Waals surface area contributed by atoms with Crippen LogP contribution in [-0.4, -0.2) is 24.6 Å². The van der Waals surface area contributed by atoms with E-state index in [-0.39, 0.29) is 24.1 Å². The summed E-state index contributed by atoms with van der Waals surface area (Å²) < 4.78 is 5.23. The molecule has 2 amide bonds. The van der Waals surface area contributed by atoms with Gasteiger partial charge in [-0.25, -0.2) is 0 Å². The van der Waals surface area contributed by atoms with E-state index in [4.69, 9.17) is 16.0 Å². The first-order valence-corrected chi connectivity index (χ1v) is 9.95. The Kier molecular flexibility index (Phi) is 6.79. The van der Waals surface area contributed by atoms with Gasteiger partial charge in [-0.3, -0.25) is 9.59 Å². The number of carbonyl (C=O) groups is 2. The molecule has 0 saturated carbocycles. The molecule has 3 aromatic rings. The standard InChI is InChI=1S/C21H19ClN2O3S/c1-24(20(25)14-28-17-10-8-15(22)9-11-17)19-7-3-2-6-18(19)21(26)23-13-16-5-4-12-27-16/h2-12H,13-14H2,1H3,(H,23,26). The van der Waals surface area contributed by atoms with E-state index in [1.54, 1.807) is 61.8 Å². The number of halogens is 1. The minimum Gasteiger partial charge on any atom is -0.467 e. The third-order valence-electron chi connectivity index (χ3n) is 4.06. The molecule has 0 aliphatic heterocycles. The summed E-state index contributed by atoms with van der Waals surface area (Å²) in [6, 6.07) is 17.9. The Hall–Kier alpha value is -2.70. The summed E-state index contributed by atoms with van der Waals surface area (Å²) in [6.45, 7) is 0.282. The summed E-state index contributed by atoms with van der Waals surface area (Å²) >= 11 is 7.30. The van der Waals surface area contributed by atoms with Gasteiger partial charge in [-0.2, -0.15) is 0 Å². The molecule has 5 nitrogen and oxygen atoms in total. The molecular weight excluding hydrogens is 396 g/mol. The fraction of sp³-hybridized carbons (Fsp3) is 0.143. The van der Waals surface area contributed by atoms with Crippen molar-refractivity contribution in [3.8, 4) is 0 Å². The molecule has 3 rings (SSSR count). The molecule has 0 radical (unpaired) electrons. The van der Waals surface area contributed by atoms with E-state index in [1.165, 1.54) is 16.7 Å². The second-order valence-electron chi connectivity index (χ2n) is 5.97. The predicted octanol–water partition coefficient (Wildman–Crippen LogP) is 4.62. The van der Waals surface area contributed by atoms with Crippen molar-refractivity contribution >= 4 is 40.9 Å². The van der Waals surface area contributed by atoms with Crippen LogP contribution in [0, 0.1) is 0 Å². The highest BCUT2D eigenvalue weighted by molar-refractivity contribution is 8.00. The van der Waals surface area contributed by atoms with Gasteiger partial charge in [0.2, 0.25) is 5.91 Å². The van der Waals surface area contributed by atoms with Crippen LogP contribution in [0.5, 0.6) is 0 Å². The van der Waals surface area contributed by atoms with Gasteiger partial charge in [0, 0.05) is 17.0 Å². The van der Waals surface area contributed by atoms with Crippen molar-refractivity contribution in [2.45, 2.75) is 11.4 Å². The highest BCUT2D eigenvalue weighted by atomic mass is 35.5. The number of furan rings is 1. The summed E-state index contributed by atoms with van der Waals surface area (Å²) in [6.07, 6.45) is 1.56. The fourth-order valence-electron chi connectivity index (χ4n) is 2.54. The second kappa shape index (κ2) is 9.48. The number of hydrogen-bond acceptors (Lipinski definition) is 4. The van der Waals surface area contributed by atoms with Crippen molar-refractivity contribution < 1.29 is 14.0 Å². The lowest BCUT2D eigenvalue weighted by atomic mass is 10.1. The maximum atomic E-state index is 12.6. The zero-order valence-electron chi connectivity index (χ0n) is 15.2. The van der Waals surface area contributed by atoms with Gasteiger partial charge in [-0.15, -0.1) is 11.8 Å². The molecule has 7 heteroatoms. The van der Waals surface area contributed by atoms with Crippen LogP contribution in [-0.2, 0) is 11.3 Å². The first kappa shape index (κ1) is 20.0. The molecule has 2 aromatic carbocycles. The first-order chi connectivity index (χ1) is 13.5. The number of para-hydroxylation sites is 1. The Labute approximate surface area is 172 Å². The number of nitrogens with one attached hydrogen (secondary N) is 1. The zero-order valence-corrected chi connectivity index (χ0v) is 16.8. The molecule has 0 aliphatic carbocycles. The molecule has 1 N–H and O–H groups in total. The SMILES string of the molecule is CN(C(=O)CSc1ccc(Cl)cc1)c1ccccc1C(=O)NCc1ccco1. The van der Waals surface area contributed by atoms with Crippen molar-refractivity contribution in [3.05, 3.63) is 83.3 Å². The van der Waals surface area contributed by atoms with Crippen molar-refractivity contribution in [1.29, 1.82) is 0 Å². The fourth-order valence-corrected chi connectivity index (χ4v) is 3.48. The van der Waals surface area contributed by atoms with Crippen LogP contribution >= 0.6 is 23.4 Å². The number of benzene rings is 2.